The predicted octanol–water partition coefficient (Wildman–Crippen LogP) is 8.36. The zero-order valence-electron chi connectivity index (χ0n) is 30.1. The van der Waals surface area contributed by atoms with Gasteiger partial charge in [-0.2, -0.15) is 10.1 Å². The Balaban J connectivity index is 1.67. The van der Waals surface area contributed by atoms with Gasteiger partial charge < -0.3 is 10.2 Å². The van der Waals surface area contributed by atoms with Gasteiger partial charge in [0.15, 0.2) is 5.41 Å². The van der Waals surface area contributed by atoms with Crippen LogP contribution >= 0.6 is 0 Å². The van der Waals surface area contributed by atoms with Crippen molar-refractivity contribution < 1.29 is 29.5 Å². The van der Waals surface area contributed by atoms with E-state index < -0.39 is 17.4 Å². The first kappa shape index (κ1) is 37.0. The number of benzene rings is 2. The minimum absolute atomic E-state index is 0.0335. The molecule has 2 N–H and O–H groups in total. The number of carbonyl (C=O) groups is 2. The third-order valence-electron chi connectivity index (χ3n) is 10.9. The number of rotatable bonds is 13. The van der Waals surface area contributed by atoms with Crippen molar-refractivity contribution in [1.29, 1.82) is 0 Å². The molecule has 0 unspecified atom stereocenters. The first-order chi connectivity index (χ1) is 21.8. The molecule has 2 fully saturated rings. The van der Waals surface area contributed by atoms with E-state index in [1.54, 1.807) is 6.92 Å². The van der Waals surface area contributed by atoms with Crippen LogP contribution in [0.1, 0.15) is 112 Å². The van der Waals surface area contributed by atoms with Gasteiger partial charge in [0, 0.05) is 22.2 Å². The lowest BCUT2D eigenvalue weighted by atomic mass is 9.58. The Morgan fingerprint density at radius 1 is 0.681 bits per heavy atom. The van der Waals surface area contributed by atoms with E-state index in [0.717, 1.165) is 36.8 Å². The lowest BCUT2D eigenvalue weighted by Crippen LogP contribution is -2.64. The molecule has 0 atom stereocenters. The summed E-state index contributed by atoms with van der Waals surface area (Å²) in [7, 11) is 0. The summed E-state index contributed by atoms with van der Waals surface area (Å²) in [5.74, 6) is -2.44. The SMILES string of the molecule is CCC(CC(C1CC(C)(C)N(OCc2ccccc2)C(C)(C)C1)C1CC(C)(C)N(OCc2ccccc2)C(C)(C)C1)(C(=O)O)C(=O)O. The molecule has 260 valence electrons. The Hall–Kier alpha value is -2.78. The fourth-order valence-electron chi connectivity index (χ4n) is 9.25. The third kappa shape index (κ3) is 8.10. The average Bonchev–Trinajstić information content (AvgIpc) is 2.96. The third-order valence-corrected chi connectivity index (χ3v) is 10.9. The minimum Gasteiger partial charge on any atom is -0.480 e. The second-order valence-electron chi connectivity index (χ2n) is 16.6. The van der Waals surface area contributed by atoms with Crippen molar-refractivity contribution in [1.82, 2.24) is 10.1 Å². The highest BCUT2D eigenvalue weighted by Gasteiger charge is 2.56. The lowest BCUT2D eigenvalue weighted by molar-refractivity contribution is -0.307. The van der Waals surface area contributed by atoms with Gasteiger partial charge in [-0.1, -0.05) is 67.6 Å². The molecule has 0 bridgehead atoms. The quantitative estimate of drug-likeness (QED) is 0.209. The van der Waals surface area contributed by atoms with Crippen LogP contribution in [0.25, 0.3) is 0 Å². The highest BCUT2D eigenvalue weighted by molar-refractivity contribution is 5.98. The van der Waals surface area contributed by atoms with E-state index >= 15 is 0 Å². The Labute approximate surface area is 282 Å². The summed E-state index contributed by atoms with van der Waals surface area (Å²) in [6.07, 6.45) is 3.19. The van der Waals surface area contributed by atoms with Crippen LogP contribution in [-0.4, -0.2) is 54.4 Å². The molecule has 0 aromatic heterocycles. The van der Waals surface area contributed by atoms with Gasteiger partial charge in [0.25, 0.3) is 0 Å². The molecule has 2 heterocycles. The van der Waals surface area contributed by atoms with Crippen molar-refractivity contribution in [3.05, 3.63) is 71.8 Å². The maximum absolute atomic E-state index is 12.8. The molecular weight excluding hydrogens is 592 g/mol. The number of aliphatic carboxylic acids is 2. The lowest BCUT2D eigenvalue weighted by Gasteiger charge is -2.59. The van der Waals surface area contributed by atoms with Gasteiger partial charge >= 0.3 is 11.9 Å². The molecule has 2 aliphatic heterocycles. The number of hydrogen-bond donors (Lipinski definition) is 2. The maximum Gasteiger partial charge on any atom is 0.321 e. The van der Waals surface area contributed by atoms with Crippen molar-refractivity contribution in [3.63, 3.8) is 0 Å². The summed E-state index contributed by atoms with van der Waals surface area (Å²) in [5, 5.41) is 25.2. The van der Waals surface area contributed by atoms with Gasteiger partial charge in [0.2, 0.25) is 0 Å². The molecule has 4 rings (SSSR count). The number of carboxylic acids is 2. The van der Waals surface area contributed by atoms with Crippen LogP contribution in [0.2, 0.25) is 0 Å². The van der Waals surface area contributed by atoms with Crippen LogP contribution in [-0.2, 0) is 32.5 Å². The highest BCUT2D eigenvalue weighted by atomic mass is 16.7. The summed E-state index contributed by atoms with van der Waals surface area (Å²) in [6.45, 7) is 20.2. The predicted molar refractivity (Wildman–Crippen MR) is 184 cm³/mol. The first-order valence-corrected chi connectivity index (χ1v) is 17.3. The Kier molecular flexibility index (Phi) is 11.0. The molecule has 2 saturated heterocycles. The number of hydrogen-bond acceptors (Lipinski definition) is 6. The van der Waals surface area contributed by atoms with Gasteiger partial charge in [-0.3, -0.25) is 19.3 Å². The average molecular weight is 651 g/mol. The van der Waals surface area contributed by atoms with Gasteiger partial charge in [-0.25, -0.2) is 0 Å². The summed E-state index contributed by atoms with van der Waals surface area (Å²) in [5.41, 5.74) is -1.14. The van der Waals surface area contributed by atoms with E-state index in [1.165, 1.54) is 0 Å². The Bertz CT molecular complexity index is 1220. The first-order valence-electron chi connectivity index (χ1n) is 17.3. The summed E-state index contributed by atoms with van der Waals surface area (Å²) < 4.78 is 0. The topological polar surface area (TPSA) is 99.5 Å². The number of hydroxylamine groups is 4. The van der Waals surface area contributed by atoms with Crippen molar-refractivity contribution in [3.8, 4) is 0 Å². The molecule has 8 nitrogen and oxygen atoms in total. The zero-order chi connectivity index (χ0) is 34.8. The van der Waals surface area contributed by atoms with Crippen LogP contribution in [0.15, 0.2) is 60.7 Å². The molecule has 47 heavy (non-hydrogen) atoms. The van der Waals surface area contributed by atoms with Gasteiger partial charge in [0.1, 0.15) is 0 Å². The molecule has 0 spiro atoms. The second kappa shape index (κ2) is 14.0. The maximum atomic E-state index is 12.8. The van der Waals surface area contributed by atoms with Gasteiger partial charge in [0.05, 0.1) is 13.2 Å². The number of carboxylic acid groups (broad SMARTS) is 2. The largest absolute Gasteiger partial charge is 0.480 e. The monoisotopic (exact) mass is 650 g/mol. The van der Waals surface area contributed by atoms with Gasteiger partial charge in [-0.15, -0.1) is 0 Å². The fourth-order valence-corrected chi connectivity index (χ4v) is 9.25. The van der Waals surface area contributed by atoms with Crippen LogP contribution in [0.3, 0.4) is 0 Å². The van der Waals surface area contributed by atoms with Crippen molar-refractivity contribution in [2.75, 3.05) is 0 Å². The highest BCUT2D eigenvalue weighted by Crippen LogP contribution is 2.54. The van der Waals surface area contributed by atoms with Crippen molar-refractivity contribution in [2.24, 2.45) is 23.2 Å². The molecule has 0 radical (unpaired) electrons. The zero-order valence-corrected chi connectivity index (χ0v) is 30.1. The number of piperidine rings is 2. The molecule has 0 aliphatic carbocycles. The summed E-state index contributed by atoms with van der Waals surface area (Å²) >= 11 is 0. The molecule has 0 amide bonds. The molecule has 2 aliphatic rings. The van der Waals surface area contributed by atoms with E-state index in [4.69, 9.17) is 9.68 Å². The minimum atomic E-state index is -1.85. The van der Waals surface area contributed by atoms with E-state index in [9.17, 15) is 19.8 Å². The normalized spacial score (nSPS) is 21.9. The standard InChI is InChI=1S/C39H58N2O6/c1-10-39(33(42)43,34(44)45)25-32(30-21-35(2,3)40(36(4,5)22-30)46-26-28-17-13-11-14-18-28)31-23-37(6,7)41(38(8,9)24-31)47-27-29-19-15-12-16-20-29/h11-20,30-32H,10,21-27H2,1-9H3,(H,42,43)(H,44,45). The molecule has 2 aromatic rings. The van der Waals surface area contributed by atoms with Crippen LogP contribution in [0, 0.1) is 23.2 Å². The Morgan fingerprint density at radius 2 is 1.00 bits per heavy atom. The van der Waals surface area contributed by atoms with Crippen LogP contribution < -0.4 is 0 Å². The van der Waals surface area contributed by atoms with E-state index in [1.807, 2.05) is 36.4 Å². The smallest absolute Gasteiger partial charge is 0.321 e. The van der Waals surface area contributed by atoms with E-state index in [2.05, 4.69) is 89.8 Å². The van der Waals surface area contributed by atoms with Gasteiger partial charge in [-0.05, 0) is 123 Å². The fraction of sp³-hybridized carbons (Fsp3) is 0.641. The summed E-state index contributed by atoms with van der Waals surface area (Å²) in [6, 6.07) is 20.3. The van der Waals surface area contributed by atoms with E-state index in [0.29, 0.717) is 13.2 Å². The number of nitrogens with zero attached hydrogens (tertiary/aromatic N) is 2. The second-order valence-corrected chi connectivity index (χ2v) is 16.6. The van der Waals surface area contributed by atoms with Crippen LogP contribution in [0.5, 0.6) is 0 Å². The van der Waals surface area contributed by atoms with Crippen molar-refractivity contribution >= 4 is 11.9 Å². The van der Waals surface area contributed by atoms with Crippen molar-refractivity contribution in [2.45, 2.75) is 136 Å². The van der Waals surface area contributed by atoms with Crippen LogP contribution in [0.4, 0.5) is 0 Å². The molecule has 2 aromatic carbocycles. The molecular formula is C39H58N2O6. The summed E-state index contributed by atoms with van der Waals surface area (Å²) in [4.78, 5) is 38.7. The Morgan fingerprint density at radius 3 is 1.28 bits per heavy atom. The molecule has 8 heteroatoms. The molecule has 0 saturated carbocycles. The van der Waals surface area contributed by atoms with E-state index in [-0.39, 0.29) is 52.8 Å².